The molecule has 1 aromatic rings. The van der Waals surface area contributed by atoms with Crippen LogP contribution in [0.15, 0.2) is 24.5 Å². The van der Waals surface area contributed by atoms with Gasteiger partial charge in [0, 0.05) is 32.0 Å². The van der Waals surface area contributed by atoms with Crippen molar-refractivity contribution in [2.24, 2.45) is 0 Å². The van der Waals surface area contributed by atoms with Gasteiger partial charge in [0.2, 0.25) is 0 Å². The van der Waals surface area contributed by atoms with Crippen LogP contribution in [-0.4, -0.2) is 55.2 Å². The van der Waals surface area contributed by atoms with Gasteiger partial charge in [-0.15, -0.1) is 0 Å². The lowest BCUT2D eigenvalue weighted by Gasteiger charge is -2.26. The van der Waals surface area contributed by atoms with Crippen LogP contribution >= 0.6 is 0 Å². The molecular formula is C13H19ClN3O2-. The number of amides is 1. The number of halogens is 1. The summed E-state index contributed by atoms with van der Waals surface area (Å²) in [5.74, 6) is -0.0509. The highest BCUT2D eigenvalue weighted by Gasteiger charge is 2.09. The first-order chi connectivity index (χ1) is 8.86. The van der Waals surface area contributed by atoms with E-state index >= 15 is 0 Å². The van der Waals surface area contributed by atoms with Crippen LogP contribution in [0.3, 0.4) is 0 Å². The first-order valence-corrected chi connectivity index (χ1v) is 6.34. The Morgan fingerprint density at radius 2 is 2.21 bits per heavy atom. The summed E-state index contributed by atoms with van der Waals surface area (Å²) in [6.07, 6.45) is 4.21. The van der Waals surface area contributed by atoms with Gasteiger partial charge >= 0.3 is 0 Å². The summed E-state index contributed by atoms with van der Waals surface area (Å²) < 4.78 is 5.28. The standard InChI is InChI=1S/C13H19N3O2.ClH/c17-13(12-3-1-4-14-11-12)15-5-2-6-16-7-9-18-10-8-16;/h1,3-4,11H,2,5-10H2,(H,15,17);1H/p-1. The van der Waals surface area contributed by atoms with Gasteiger partial charge in [-0.25, -0.2) is 0 Å². The molecular weight excluding hydrogens is 266 g/mol. The van der Waals surface area contributed by atoms with Crippen LogP contribution in [0.4, 0.5) is 0 Å². The fraction of sp³-hybridized carbons (Fsp3) is 0.538. The molecule has 0 spiro atoms. The Balaban J connectivity index is 0.00000180. The van der Waals surface area contributed by atoms with Crippen molar-refractivity contribution in [1.29, 1.82) is 0 Å². The van der Waals surface area contributed by atoms with E-state index in [1.165, 1.54) is 0 Å². The third-order valence-corrected chi connectivity index (χ3v) is 2.96. The molecule has 0 bridgehead atoms. The number of hydrogen-bond acceptors (Lipinski definition) is 4. The van der Waals surface area contributed by atoms with Gasteiger partial charge in [0.1, 0.15) is 0 Å². The Morgan fingerprint density at radius 3 is 2.89 bits per heavy atom. The van der Waals surface area contributed by atoms with Crippen molar-refractivity contribution in [3.05, 3.63) is 30.1 Å². The van der Waals surface area contributed by atoms with Crippen molar-refractivity contribution in [1.82, 2.24) is 15.2 Å². The van der Waals surface area contributed by atoms with Gasteiger partial charge in [0.05, 0.1) is 18.8 Å². The molecule has 0 aromatic carbocycles. The van der Waals surface area contributed by atoms with Gasteiger partial charge in [-0.05, 0) is 25.1 Å². The van der Waals surface area contributed by atoms with E-state index in [2.05, 4.69) is 15.2 Å². The average Bonchev–Trinajstić information content (AvgIpc) is 2.45. The summed E-state index contributed by atoms with van der Waals surface area (Å²) in [6, 6.07) is 3.53. The topological polar surface area (TPSA) is 54.5 Å². The average molecular weight is 285 g/mol. The van der Waals surface area contributed by atoms with Crippen molar-refractivity contribution >= 4 is 5.91 Å². The summed E-state index contributed by atoms with van der Waals surface area (Å²) in [6.45, 7) is 5.35. The van der Waals surface area contributed by atoms with Crippen LogP contribution in [0, 0.1) is 0 Å². The van der Waals surface area contributed by atoms with Crippen molar-refractivity contribution in [2.75, 3.05) is 39.4 Å². The Kier molecular flexibility index (Phi) is 7.40. The molecule has 2 heterocycles. The van der Waals surface area contributed by atoms with Gasteiger partial charge < -0.3 is 22.5 Å². The number of aromatic nitrogens is 1. The SMILES string of the molecule is O=C(NCCCN1CCOCC1)c1cccnc1.[Cl-]. The van der Waals surface area contributed by atoms with E-state index in [0.717, 1.165) is 39.3 Å². The summed E-state index contributed by atoms with van der Waals surface area (Å²) >= 11 is 0. The lowest BCUT2D eigenvalue weighted by atomic mass is 10.2. The predicted octanol–water partition coefficient (Wildman–Crippen LogP) is -2.46. The number of nitrogens with one attached hydrogen (secondary N) is 1. The predicted molar refractivity (Wildman–Crippen MR) is 68.4 cm³/mol. The zero-order valence-corrected chi connectivity index (χ0v) is 11.6. The highest BCUT2D eigenvalue weighted by molar-refractivity contribution is 5.93. The van der Waals surface area contributed by atoms with Crippen LogP contribution in [0.5, 0.6) is 0 Å². The number of ether oxygens (including phenoxy) is 1. The minimum absolute atomic E-state index is 0. The van der Waals surface area contributed by atoms with Gasteiger partial charge in [-0.1, -0.05) is 0 Å². The maximum Gasteiger partial charge on any atom is 0.252 e. The minimum atomic E-state index is -0.0509. The van der Waals surface area contributed by atoms with E-state index < -0.39 is 0 Å². The summed E-state index contributed by atoms with van der Waals surface area (Å²) in [7, 11) is 0. The maximum atomic E-state index is 11.7. The van der Waals surface area contributed by atoms with E-state index in [1.54, 1.807) is 24.5 Å². The van der Waals surface area contributed by atoms with Crippen LogP contribution in [0.1, 0.15) is 16.8 Å². The molecule has 0 aliphatic carbocycles. The summed E-state index contributed by atoms with van der Waals surface area (Å²) in [5, 5.41) is 2.90. The second-order valence-corrected chi connectivity index (χ2v) is 4.31. The molecule has 1 amide bonds. The molecule has 1 aliphatic heterocycles. The molecule has 1 aliphatic rings. The number of pyridine rings is 1. The zero-order valence-electron chi connectivity index (χ0n) is 10.8. The van der Waals surface area contributed by atoms with Crippen LogP contribution in [0.25, 0.3) is 0 Å². The van der Waals surface area contributed by atoms with Crippen molar-refractivity contribution < 1.29 is 21.9 Å². The summed E-state index contributed by atoms with van der Waals surface area (Å²) in [5.41, 5.74) is 0.615. The summed E-state index contributed by atoms with van der Waals surface area (Å²) in [4.78, 5) is 18.0. The highest BCUT2D eigenvalue weighted by atomic mass is 35.5. The van der Waals surface area contributed by atoms with E-state index in [0.29, 0.717) is 12.1 Å². The Labute approximate surface area is 119 Å². The van der Waals surface area contributed by atoms with E-state index in [-0.39, 0.29) is 18.3 Å². The smallest absolute Gasteiger partial charge is 0.252 e. The lowest BCUT2D eigenvalue weighted by molar-refractivity contribution is -0.0000134. The van der Waals surface area contributed by atoms with E-state index in [1.807, 2.05) is 0 Å². The second kappa shape index (κ2) is 8.85. The molecule has 2 rings (SSSR count). The largest absolute Gasteiger partial charge is 1.00 e. The first kappa shape index (κ1) is 15.9. The molecule has 106 valence electrons. The molecule has 1 N–H and O–H groups in total. The molecule has 0 unspecified atom stereocenters. The van der Waals surface area contributed by atoms with Gasteiger partial charge in [0.15, 0.2) is 0 Å². The van der Waals surface area contributed by atoms with E-state index in [9.17, 15) is 4.79 Å². The van der Waals surface area contributed by atoms with Gasteiger partial charge in [-0.3, -0.25) is 14.7 Å². The number of rotatable bonds is 5. The minimum Gasteiger partial charge on any atom is -1.00 e. The van der Waals surface area contributed by atoms with Crippen molar-refractivity contribution in [2.45, 2.75) is 6.42 Å². The molecule has 0 radical (unpaired) electrons. The Hall–Kier alpha value is -1.17. The zero-order chi connectivity index (χ0) is 12.6. The molecule has 1 fully saturated rings. The fourth-order valence-electron chi connectivity index (χ4n) is 1.93. The van der Waals surface area contributed by atoms with Crippen LogP contribution in [0.2, 0.25) is 0 Å². The quantitative estimate of drug-likeness (QED) is 0.610. The van der Waals surface area contributed by atoms with Crippen molar-refractivity contribution in [3.8, 4) is 0 Å². The Morgan fingerprint density at radius 1 is 1.42 bits per heavy atom. The fourth-order valence-corrected chi connectivity index (χ4v) is 1.93. The lowest BCUT2D eigenvalue weighted by Crippen LogP contribution is -3.00. The molecule has 0 atom stereocenters. The first-order valence-electron chi connectivity index (χ1n) is 6.34. The van der Waals surface area contributed by atoms with Gasteiger partial charge in [0.25, 0.3) is 5.91 Å². The van der Waals surface area contributed by atoms with Crippen LogP contribution < -0.4 is 17.7 Å². The number of carbonyl (C=O) groups excluding carboxylic acids is 1. The Bertz CT molecular complexity index is 369. The van der Waals surface area contributed by atoms with Crippen LogP contribution in [-0.2, 0) is 4.74 Å². The van der Waals surface area contributed by atoms with Gasteiger partial charge in [-0.2, -0.15) is 0 Å². The monoisotopic (exact) mass is 284 g/mol. The number of hydrogen-bond donors (Lipinski definition) is 1. The third kappa shape index (κ3) is 5.55. The van der Waals surface area contributed by atoms with E-state index in [4.69, 9.17) is 4.74 Å². The molecule has 1 saturated heterocycles. The maximum absolute atomic E-state index is 11.7. The molecule has 19 heavy (non-hydrogen) atoms. The molecule has 1 aromatic heterocycles. The number of carbonyl (C=O) groups is 1. The highest BCUT2D eigenvalue weighted by Crippen LogP contribution is 1.98. The molecule has 0 saturated carbocycles. The normalized spacial score (nSPS) is 15.6. The molecule has 5 nitrogen and oxygen atoms in total. The molecule has 6 heteroatoms. The third-order valence-electron chi connectivity index (χ3n) is 2.96. The number of morpholine rings is 1. The number of nitrogens with zero attached hydrogens (tertiary/aromatic N) is 2. The second-order valence-electron chi connectivity index (χ2n) is 4.31. The van der Waals surface area contributed by atoms with Crippen molar-refractivity contribution in [3.63, 3.8) is 0 Å².